The average Bonchev–Trinajstić information content (AvgIpc) is 3.03. The summed E-state index contributed by atoms with van der Waals surface area (Å²) >= 11 is 0. The van der Waals surface area contributed by atoms with Gasteiger partial charge in [-0.1, -0.05) is 32.6 Å². The number of rotatable bonds is 39. The van der Waals surface area contributed by atoms with E-state index in [-0.39, 0.29) is 12.6 Å². The highest BCUT2D eigenvalue weighted by Gasteiger charge is 2.02. The maximum Gasteiger partial charge on any atom is 0.305 e. The molecule has 0 saturated carbocycles. The molecule has 0 aliphatic heterocycles. The smallest absolute Gasteiger partial charge is 0.305 e. The predicted octanol–water partition coefficient (Wildman–Crippen LogP) is 2.28. The third kappa shape index (κ3) is 39.1. The monoisotopic (exact) mass is 641 g/mol. The van der Waals surface area contributed by atoms with Crippen molar-refractivity contribution in [2.24, 2.45) is 0 Å². The summed E-state index contributed by atoms with van der Waals surface area (Å²) in [6.07, 6.45) is 6.08. The van der Waals surface area contributed by atoms with Gasteiger partial charge in [-0.2, -0.15) is 0 Å². The lowest BCUT2D eigenvalue weighted by atomic mass is 10.1. The topological polar surface area (TPSA) is 131 Å². The van der Waals surface area contributed by atoms with Crippen molar-refractivity contribution in [3.8, 4) is 0 Å². The van der Waals surface area contributed by atoms with Crippen LogP contribution >= 0.6 is 0 Å². The molecule has 0 fully saturated rings. The van der Waals surface area contributed by atoms with Crippen LogP contribution in [0, 0.1) is 0 Å². The molecule has 0 unspecified atom stereocenters. The van der Waals surface area contributed by atoms with Crippen molar-refractivity contribution in [3.05, 3.63) is 0 Å². The van der Waals surface area contributed by atoms with Crippen molar-refractivity contribution >= 4 is 5.97 Å². The standard InChI is InChI=1S/C31H63NO12/c1-3-4-5-6-7-8-31(33)44-30-29-43-28-27-42-26-25-41-24-23-40-22-21-39-20-19-38-18-17-37-16-15-36-14-13-35-12-11-34-10-9-32-2/h32H,3-30H2,1-2H3. The minimum absolute atomic E-state index is 0.146. The Morgan fingerprint density at radius 1 is 0.409 bits per heavy atom. The number of unbranched alkanes of at least 4 members (excludes halogenated alkanes) is 4. The van der Waals surface area contributed by atoms with Crippen molar-refractivity contribution in [2.75, 3.05) is 152 Å². The summed E-state index contributed by atoms with van der Waals surface area (Å²) in [4.78, 5) is 11.6. The number of nitrogens with one attached hydrogen (secondary N) is 1. The maximum absolute atomic E-state index is 11.6. The van der Waals surface area contributed by atoms with E-state index in [4.69, 9.17) is 52.1 Å². The van der Waals surface area contributed by atoms with Crippen molar-refractivity contribution in [2.45, 2.75) is 45.4 Å². The third-order valence-electron chi connectivity index (χ3n) is 5.82. The zero-order chi connectivity index (χ0) is 31.9. The van der Waals surface area contributed by atoms with Crippen LogP contribution in [0.5, 0.6) is 0 Å². The molecule has 0 aliphatic rings. The van der Waals surface area contributed by atoms with Gasteiger partial charge in [0.05, 0.1) is 132 Å². The van der Waals surface area contributed by atoms with Crippen molar-refractivity contribution in [1.29, 1.82) is 0 Å². The van der Waals surface area contributed by atoms with Crippen LogP contribution in [0.1, 0.15) is 45.4 Å². The van der Waals surface area contributed by atoms with E-state index in [9.17, 15) is 4.79 Å². The Kier molecular flexibility index (Phi) is 39.2. The Balaban J connectivity index is 3.08. The molecular formula is C31H63NO12. The molecule has 0 aromatic carbocycles. The number of carbonyl (C=O) groups excluding carboxylic acids is 1. The van der Waals surface area contributed by atoms with E-state index in [1.165, 1.54) is 19.3 Å². The molecule has 1 N–H and O–H groups in total. The normalized spacial score (nSPS) is 11.4. The van der Waals surface area contributed by atoms with Crippen LogP contribution in [0.2, 0.25) is 0 Å². The van der Waals surface area contributed by atoms with E-state index in [1.54, 1.807) is 0 Å². The summed E-state index contributed by atoms with van der Waals surface area (Å²) in [6, 6.07) is 0. The molecule has 0 amide bonds. The Labute approximate surface area is 266 Å². The van der Waals surface area contributed by atoms with E-state index in [0.717, 1.165) is 19.4 Å². The maximum atomic E-state index is 11.6. The average molecular weight is 642 g/mol. The molecule has 0 bridgehead atoms. The number of hydrogen-bond donors (Lipinski definition) is 1. The van der Waals surface area contributed by atoms with Gasteiger partial charge >= 0.3 is 5.97 Å². The van der Waals surface area contributed by atoms with Gasteiger partial charge in [0.2, 0.25) is 0 Å². The molecule has 0 aromatic rings. The molecule has 0 saturated heterocycles. The van der Waals surface area contributed by atoms with Crippen LogP contribution in [0.25, 0.3) is 0 Å². The lowest BCUT2D eigenvalue weighted by Crippen LogP contribution is -2.17. The largest absolute Gasteiger partial charge is 0.463 e. The summed E-state index contributed by atoms with van der Waals surface area (Å²) in [5, 5.41) is 3.02. The molecule has 264 valence electrons. The number of ether oxygens (including phenoxy) is 11. The van der Waals surface area contributed by atoms with Gasteiger partial charge in [-0.3, -0.25) is 4.79 Å². The van der Waals surface area contributed by atoms with E-state index in [0.29, 0.717) is 139 Å². The molecule has 13 nitrogen and oxygen atoms in total. The van der Waals surface area contributed by atoms with Crippen molar-refractivity contribution < 1.29 is 56.9 Å². The molecule has 0 rings (SSSR count). The van der Waals surface area contributed by atoms with Gasteiger partial charge in [0.25, 0.3) is 0 Å². The summed E-state index contributed by atoms with van der Waals surface area (Å²) in [7, 11) is 1.89. The van der Waals surface area contributed by atoms with Crippen molar-refractivity contribution in [1.82, 2.24) is 5.32 Å². The van der Waals surface area contributed by atoms with Gasteiger partial charge in [-0.25, -0.2) is 0 Å². The highest BCUT2D eigenvalue weighted by molar-refractivity contribution is 5.69. The zero-order valence-electron chi connectivity index (χ0n) is 27.7. The second-order valence-electron chi connectivity index (χ2n) is 9.61. The van der Waals surface area contributed by atoms with Gasteiger partial charge in [0, 0.05) is 13.0 Å². The molecule has 0 aliphatic carbocycles. The minimum Gasteiger partial charge on any atom is -0.463 e. The predicted molar refractivity (Wildman–Crippen MR) is 166 cm³/mol. The second kappa shape index (κ2) is 40.1. The molecule has 0 spiro atoms. The Hall–Kier alpha value is -0.970. The minimum atomic E-state index is -0.146. The Bertz CT molecular complexity index is 548. The first-order valence-corrected chi connectivity index (χ1v) is 16.4. The van der Waals surface area contributed by atoms with Crippen LogP contribution < -0.4 is 5.32 Å². The Morgan fingerprint density at radius 2 is 0.705 bits per heavy atom. The summed E-state index contributed by atoms with van der Waals surface area (Å²) in [5.41, 5.74) is 0. The molecule has 0 radical (unpaired) electrons. The number of esters is 1. The Morgan fingerprint density at radius 3 is 1.02 bits per heavy atom. The number of carbonyl (C=O) groups is 1. The van der Waals surface area contributed by atoms with Crippen LogP contribution in [0.15, 0.2) is 0 Å². The molecule has 44 heavy (non-hydrogen) atoms. The lowest BCUT2D eigenvalue weighted by Gasteiger charge is -2.09. The fourth-order valence-electron chi connectivity index (χ4n) is 3.41. The third-order valence-corrected chi connectivity index (χ3v) is 5.82. The molecular weight excluding hydrogens is 578 g/mol. The number of hydrogen-bond acceptors (Lipinski definition) is 13. The van der Waals surface area contributed by atoms with Gasteiger partial charge in [0.1, 0.15) is 6.61 Å². The molecule has 0 aromatic heterocycles. The first kappa shape index (κ1) is 43.0. The van der Waals surface area contributed by atoms with Crippen LogP contribution in [0.4, 0.5) is 0 Å². The fraction of sp³-hybridized carbons (Fsp3) is 0.968. The van der Waals surface area contributed by atoms with Gasteiger partial charge in [0.15, 0.2) is 0 Å². The van der Waals surface area contributed by atoms with Gasteiger partial charge < -0.3 is 57.4 Å². The SMILES string of the molecule is CCCCCCCC(=O)OCCOCCOCCOCCOCCOCCOCCOCCOCCOCCOCCNC. The fourth-order valence-corrected chi connectivity index (χ4v) is 3.41. The van der Waals surface area contributed by atoms with Crippen molar-refractivity contribution in [3.63, 3.8) is 0 Å². The molecule has 13 heteroatoms. The van der Waals surface area contributed by atoms with Crippen LogP contribution in [-0.2, 0) is 56.9 Å². The summed E-state index contributed by atoms with van der Waals surface area (Å²) in [6.45, 7) is 13.7. The highest BCUT2D eigenvalue weighted by Crippen LogP contribution is 2.05. The molecule has 0 heterocycles. The van der Waals surface area contributed by atoms with E-state index in [2.05, 4.69) is 12.2 Å². The van der Waals surface area contributed by atoms with Crippen LogP contribution in [0.3, 0.4) is 0 Å². The summed E-state index contributed by atoms with van der Waals surface area (Å²) in [5.74, 6) is -0.146. The van der Waals surface area contributed by atoms with Crippen LogP contribution in [-0.4, -0.2) is 158 Å². The lowest BCUT2D eigenvalue weighted by molar-refractivity contribution is -0.145. The zero-order valence-corrected chi connectivity index (χ0v) is 27.7. The molecule has 0 atom stereocenters. The van der Waals surface area contributed by atoms with E-state index >= 15 is 0 Å². The summed E-state index contributed by atoms with van der Waals surface area (Å²) < 4.78 is 59.6. The first-order chi connectivity index (χ1) is 21.8. The van der Waals surface area contributed by atoms with E-state index < -0.39 is 0 Å². The first-order valence-electron chi connectivity index (χ1n) is 16.4. The second-order valence-corrected chi connectivity index (χ2v) is 9.61. The quantitative estimate of drug-likeness (QED) is 0.0779. The van der Waals surface area contributed by atoms with E-state index in [1.807, 2.05) is 7.05 Å². The highest BCUT2D eigenvalue weighted by atomic mass is 16.6. The van der Waals surface area contributed by atoms with Gasteiger partial charge in [-0.15, -0.1) is 0 Å². The number of likely N-dealkylation sites (N-methyl/N-ethyl adjacent to an activating group) is 1. The van der Waals surface area contributed by atoms with Gasteiger partial charge in [-0.05, 0) is 13.5 Å².